The third kappa shape index (κ3) is 6.56. The molecule has 1 aliphatic carbocycles. The van der Waals surface area contributed by atoms with Crippen LogP contribution in [0.4, 0.5) is 21.9 Å². The van der Waals surface area contributed by atoms with Gasteiger partial charge in [-0.25, -0.2) is 4.79 Å². The van der Waals surface area contributed by atoms with Crippen LogP contribution < -0.4 is 15.5 Å². The first kappa shape index (κ1) is 25.5. The largest absolute Gasteiger partial charge is 0.368 e. The van der Waals surface area contributed by atoms with Crippen molar-refractivity contribution < 1.29 is 14.4 Å². The number of carbonyl (C=O) groups is 3. The van der Waals surface area contributed by atoms with Crippen molar-refractivity contribution in [2.75, 3.05) is 54.8 Å². The van der Waals surface area contributed by atoms with E-state index in [0.717, 1.165) is 55.7 Å². The molecule has 2 N–H and O–H groups in total. The number of benzene rings is 2. The van der Waals surface area contributed by atoms with E-state index in [0.29, 0.717) is 25.3 Å². The number of rotatable bonds is 8. The molecule has 2 aliphatic rings. The van der Waals surface area contributed by atoms with Crippen LogP contribution in [0.1, 0.15) is 38.2 Å². The quantitative estimate of drug-likeness (QED) is 0.576. The summed E-state index contributed by atoms with van der Waals surface area (Å²) in [6.45, 7) is 7.48. The van der Waals surface area contributed by atoms with Crippen LogP contribution in [0.2, 0.25) is 0 Å². The van der Waals surface area contributed by atoms with Gasteiger partial charge in [0.25, 0.3) is 0 Å². The van der Waals surface area contributed by atoms with Gasteiger partial charge in [0, 0.05) is 55.7 Å². The number of piperazine rings is 1. The molecule has 8 nitrogen and oxygen atoms in total. The molecule has 1 aliphatic heterocycles. The van der Waals surface area contributed by atoms with Crippen molar-refractivity contribution in [1.29, 1.82) is 0 Å². The first-order valence-electron chi connectivity index (χ1n) is 13.0. The summed E-state index contributed by atoms with van der Waals surface area (Å²) in [7, 11) is 0. The fraction of sp³-hybridized carbons (Fsp3) is 0.464. The lowest BCUT2D eigenvalue weighted by Crippen LogP contribution is -2.50. The molecule has 0 spiro atoms. The molecule has 1 heterocycles. The van der Waals surface area contributed by atoms with Crippen molar-refractivity contribution in [3.63, 3.8) is 0 Å². The van der Waals surface area contributed by atoms with Gasteiger partial charge in [-0.2, -0.15) is 0 Å². The minimum Gasteiger partial charge on any atom is -0.368 e. The van der Waals surface area contributed by atoms with E-state index in [-0.39, 0.29) is 30.3 Å². The number of amides is 4. The first-order chi connectivity index (χ1) is 17.4. The number of aryl methyl sites for hydroxylation is 1. The van der Waals surface area contributed by atoms with Crippen molar-refractivity contribution in [2.24, 2.45) is 5.92 Å². The van der Waals surface area contributed by atoms with Gasteiger partial charge in [-0.3, -0.25) is 9.59 Å². The second kappa shape index (κ2) is 11.9. The minimum atomic E-state index is -0.169. The lowest BCUT2D eigenvalue weighted by Gasteiger charge is -2.36. The van der Waals surface area contributed by atoms with E-state index < -0.39 is 0 Å². The van der Waals surface area contributed by atoms with Gasteiger partial charge >= 0.3 is 6.03 Å². The average molecular weight is 492 g/mol. The summed E-state index contributed by atoms with van der Waals surface area (Å²) >= 11 is 0. The summed E-state index contributed by atoms with van der Waals surface area (Å²) in [5.74, 6) is 0.0372. The van der Waals surface area contributed by atoms with Crippen LogP contribution in [-0.4, -0.2) is 66.9 Å². The molecule has 4 rings (SSSR count). The lowest BCUT2D eigenvalue weighted by atomic mass is 9.84. The monoisotopic (exact) mass is 491 g/mol. The molecular formula is C28H37N5O3. The van der Waals surface area contributed by atoms with Crippen molar-refractivity contribution in [3.05, 3.63) is 54.1 Å². The summed E-state index contributed by atoms with van der Waals surface area (Å²) in [5, 5.41) is 5.90. The highest BCUT2D eigenvalue weighted by Gasteiger charge is 2.30. The van der Waals surface area contributed by atoms with Crippen LogP contribution in [0.3, 0.4) is 0 Å². The predicted molar refractivity (Wildman–Crippen MR) is 143 cm³/mol. The first-order valence-corrected chi connectivity index (χ1v) is 13.0. The van der Waals surface area contributed by atoms with Crippen molar-refractivity contribution in [3.8, 4) is 0 Å². The molecule has 0 atom stereocenters. The van der Waals surface area contributed by atoms with E-state index in [4.69, 9.17) is 0 Å². The van der Waals surface area contributed by atoms with Gasteiger partial charge in [0.15, 0.2) is 0 Å². The van der Waals surface area contributed by atoms with Crippen molar-refractivity contribution in [1.82, 2.24) is 9.80 Å². The topological polar surface area (TPSA) is 85.0 Å². The maximum absolute atomic E-state index is 12.6. The molecule has 0 bridgehead atoms. The maximum Gasteiger partial charge on any atom is 0.321 e. The van der Waals surface area contributed by atoms with Crippen LogP contribution in [0.15, 0.2) is 48.5 Å². The van der Waals surface area contributed by atoms with E-state index in [9.17, 15) is 14.4 Å². The molecule has 0 unspecified atom stereocenters. The molecule has 1 saturated heterocycles. The Morgan fingerprint density at radius 2 is 1.67 bits per heavy atom. The normalized spacial score (nSPS) is 15.7. The molecule has 36 heavy (non-hydrogen) atoms. The number of nitrogens with zero attached hydrogens (tertiary/aromatic N) is 3. The van der Waals surface area contributed by atoms with Gasteiger partial charge in [-0.1, -0.05) is 25.5 Å². The van der Waals surface area contributed by atoms with Gasteiger partial charge in [-0.15, -0.1) is 0 Å². The second-order valence-corrected chi connectivity index (χ2v) is 9.76. The van der Waals surface area contributed by atoms with E-state index in [1.807, 2.05) is 67.3 Å². The fourth-order valence-electron chi connectivity index (χ4n) is 4.67. The van der Waals surface area contributed by atoms with Gasteiger partial charge in [0.2, 0.25) is 11.8 Å². The summed E-state index contributed by atoms with van der Waals surface area (Å²) in [6, 6.07) is 15.5. The summed E-state index contributed by atoms with van der Waals surface area (Å²) in [6.07, 6.45) is 3.81. The Labute approximate surface area is 213 Å². The summed E-state index contributed by atoms with van der Waals surface area (Å²) < 4.78 is 0. The van der Waals surface area contributed by atoms with Gasteiger partial charge < -0.3 is 25.3 Å². The molecular weight excluding hydrogens is 454 g/mol. The SMILES string of the molecule is CCCN(CC(=O)Nc1ccc(N2CCN(C(=O)Nc3cccc(C)c3)CC2)cc1)C(=O)C1CCC1. The van der Waals surface area contributed by atoms with Crippen LogP contribution in [-0.2, 0) is 9.59 Å². The molecule has 2 aromatic rings. The fourth-order valence-corrected chi connectivity index (χ4v) is 4.67. The zero-order valence-electron chi connectivity index (χ0n) is 21.3. The highest BCUT2D eigenvalue weighted by Crippen LogP contribution is 2.28. The van der Waals surface area contributed by atoms with Gasteiger partial charge in [0.05, 0.1) is 6.54 Å². The van der Waals surface area contributed by atoms with Crippen molar-refractivity contribution >= 4 is 34.9 Å². The molecule has 8 heteroatoms. The minimum absolute atomic E-state index is 0.0776. The number of anilines is 3. The standard InChI is InChI=1S/C28H37N5O3/c1-3-14-33(27(35)22-7-5-8-22)20-26(34)29-23-10-12-25(13-11-23)31-15-17-32(18-16-31)28(36)30-24-9-4-6-21(2)19-24/h4,6,9-13,19,22H,3,5,7-8,14-18,20H2,1-2H3,(H,29,34)(H,30,36). The Balaban J connectivity index is 1.24. The Morgan fingerprint density at radius 1 is 0.944 bits per heavy atom. The Bertz CT molecular complexity index is 1060. The third-order valence-corrected chi connectivity index (χ3v) is 6.95. The van der Waals surface area contributed by atoms with Gasteiger partial charge in [-0.05, 0) is 68.1 Å². The Kier molecular flexibility index (Phi) is 8.46. The molecule has 0 radical (unpaired) electrons. The maximum atomic E-state index is 12.6. The molecule has 1 saturated carbocycles. The zero-order chi connectivity index (χ0) is 25.5. The predicted octanol–water partition coefficient (Wildman–Crippen LogP) is 4.33. The second-order valence-electron chi connectivity index (χ2n) is 9.76. The van der Waals surface area contributed by atoms with Crippen LogP contribution in [0.25, 0.3) is 0 Å². The number of carbonyl (C=O) groups excluding carboxylic acids is 3. The van der Waals surface area contributed by atoms with E-state index in [1.54, 1.807) is 4.90 Å². The van der Waals surface area contributed by atoms with Crippen LogP contribution >= 0.6 is 0 Å². The van der Waals surface area contributed by atoms with E-state index >= 15 is 0 Å². The highest BCUT2D eigenvalue weighted by molar-refractivity contribution is 5.95. The number of hydrogen-bond acceptors (Lipinski definition) is 4. The molecule has 4 amide bonds. The average Bonchev–Trinajstić information content (AvgIpc) is 2.83. The van der Waals surface area contributed by atoms with Crippen LogP contribution in [0.5, 0.6) is 0 Å². The number of hydrogen-bond donors (Lipinski definition) is 2. The zero-order valence-corrected chi connectivity index (χ0v) is 21.3. The lowest BCUT2D eigenvalue weighted by molar-refractivity contribution is -0.140. The Morgan fingerprint density at radius 3 is 2.28 bits per heavy atom. The van der Waals surface area contributed by atoms with Crippen LogP contribution in [0, 0.1) is 12.8 Å². The smallest absolute Gasteiger partial charge is 0.321 e. The van der Waals surface area contributed by atoms with Gasteiger partial charge in [0.1, 0.15) is 0 Å². The van der Waals surface area contributed by atoms with E-state index in [1.165, 1.54) is 0 Å². The number of urea groups is 1. The summed E-state index contributed by atoms with van der Waals surface area (Å²) in [4.78, 5) is 43.6. The number of nitrogens with one attached hydrogen (secondary N) is 2. The molecule has 2 fully saturated rings. The summed E-state index contributed by atoms with van der Waals surface area (Å²) in [5.41, 5.74) is 3.69. The molecule has 2 aromatic carbocycles. The highest BCUT2D eigenvalue weighted by atomic mass is 16.2. The third-order valence-electron chi connectivity index (χ3n) is 6.95. The Hall–Kier alpha value is -3.55. The van der Waals surface area contributed by atoms with E-state index in [2.05, 4.69) is 15.5 Å². The molecule has 0 aromatic heterocycles. The molecule has 192 valence electrons. The van der Waals surface area contributed by atoms with Crippen molar-refractivity contribution in [2.45, 2.75) is 39.5 Å².